The Morgan fingerprint density at radius 3 is 2.73 bits per heavy atom. The molecular formula is C9H11NO5. The van der Waals surface area contributed by atoms with Crippen LogP contribution in [0.3, 0.4) is 0 Å². The molecule has 0 spiro atoms. The predicted molar refractivity (Wildman–Crippen MR) is 49.4 cm³/mol. The molecule has 0 saturated carbocycles. The Morgan fingerprint density at radius 2 is 2.20 bits per heavy atom. The second kappa shape index (κ2) is 4.72. The molecule has 2 atom stereocenters. The minimum Gasteiger partial charge on any atom is -0.495 e. The maximum absolute atomic E-state index is 10.4. The van der Waals surface area contributed by atoms with Gasteiger partial charge >= 0.3 is 5.97 Å². The summed E-state index contributed by atoms with van der Waals surface area (Å²) in [6.45, 7) is 0. The molecule has 1 aromatic rings. The normalized spacial score (nSPS) is 14.3. The minimum absolute atomic E-state index is 0.00472. The van der Waals surface area contributed by atoms with Crippen molar-refractivity contribution in [2.24, 2.45) is 0 Å². The number of nitrogens with zero attached hydrogens (tertiary/aromatic N) is 1. The monoisotopic (exact) mass is 213 g/mol. The summed E-state index contributed by atoms with van der Waals surface area (Å²) in [5.74, 6) is -1.29. The summed E-state index contributed by atoms with van der Waals surface area (Å²) in [4.78, 5) is 14.2. The van der Waals surface area contributed by atoms with Gasteiger partial charge in [0.2, 0.25) is 0 Å². The Balaban J connectivity index is 2.99. The van der Waals surface area contributed by atoms with Crippen LogP contribution >= 0.6 is 0 Å². The number of aliphatic carboxylic acids is 1. The van der Waals surface area contributed by atoms with Gasteiger partial charge in [-0.05, 0) is 12.1 Å². The number of hydrogen-bond donors (Lipinski definition) is 3. The zero-order chi connectivity index (χ0) is 11.4. The highest BCUT2D eigenvalue weighted by atomic mass is 16.5. The number of methoxy groups -OCH3 is 1. The molecule has 0 aromatic carbocycles. The number of aromatic nitrogens is 1. The highest BCUT2D eigenvalue weighted by Crippen LogP contribution is 2.24. The summed E-state index contributed by atoms with van der Waals surface area (Å²) in [7, 11) is 1.36. The highest BCUT2D eigenvalue weighted by Gasteiger charge is 2.28. The van der Waals surface area contributed by atoms with Crippen LogP contribution in [-0.4, -0.2) is 39.5 Å². The van der Waals surface area contributed by atoms with Gasteiger partial charge in [-0.2, -0.15) is 0 Å². The van der Waals surface area contributed by atoms with Gasteiger partial charge in [0.15, 0.2) is 6.10 Å². The van der Waals surface area contributed by atoms with Gasteiger partial charge in [-0.3, -0.25) is 4.98 Å². The molecule has 0 aliphatic rings. The summed E-state index contributed by atoms with van der Waals surface area (Å²) in [6, 6.07) is 3.09. The SMILES string of the molecule is COc1cccnc1C(O)C(O)C(=O)O. The Labute approximate surface area is 85.8 Å². The summed E-state index contributed by atoms with van der Waals surface area (Å²) >= 11 is 0. The molecule has 6 heteroatoms. The lowest BCUT2D eigenvalue weighted by molar-refractivity contribution is -0.153. The van der Waals surface area contributed by atoms with E-state index in [-0.39, 0.29) is 11.4 Å². The first-order chi connectivity index (χ1) is 7.07. The van der Waals surface area contributed by atoms with E-state index < -0.39 is 18.2 Å². The fourth-order valence-corrected chi connectivity index (χ4v) is 1.08. The van der Waals surface area contributed by atoms with Crippen molar-refractivity contribution in [3.63, 3.8) is 0 Å². The molecule has 6 nitrogen and oxygen atoms in total. The average Bonchev–Trinajstić information content (AvgIpc) is 2.26. The molecule has 82 valence electrons. The van der Waals surface area contributed by atoms with Crippen molar-refractivity contribution in [2.75, 3.05) is 7.11 Å². The van der Waals surface area contributed by atoms with E-state index in [0.29, 0.717) is 0 Å². The first-order valence-electron chi connectivity index (χ1n) is 4.15. The lowest BCUT2D eigenvalue weighted by Crippen LogP contribution is -2.28. The van der Waals surface area contributed by atoms with Crippen LogP contribution in [-0.2, 0) is 4.79 Å². The molecule has 1 heterocycles. The van der Waals surface area contributed by atoms with Crippen molar-refractivity contribution in [3.8, 4) is 5.75 Å². The smallest absolute Gasteiger partial charge is 0.335 e. The number of carbonyl (C=O) groups is 1. The van der Waals surface area contributed by atoms with Crippen molar-refractivity contribution >= 4 is 5.97 Å². The average molecular weight is 213 g/mol. The number of aliphatic hydroxyl groups is 2. The Bertz CT molecular complexity index is 354. The van der Waals surface area contributed by atoms with Crippen LogP contribution in [0.5, 0.6) is 5.75 Å². The van der Waals surface area contributed by atoms with Crippen molar-refractivity contribution in [1.29, 1.82) is 0 Å². The van der Waals surface area contributed by atoms with Crippen LogP contribution < -0.4 is 4.74 Å². The van der Waals surface area contributed by atoms with Gasteiger partial charge in [-0.15, -0.1) is 0 Å². The first-order valence-corrected chi connectivity index (χ1v) is 4.15. The maximum atomic E-state index is 10.4. The molecule has 0 fully saturated rings. The molecule has 0 bridgehead atoms. The molecule has 0 aliphatic heterocycles. The van der Waals surface area contributed by atoms with E-state index in [2.05, 4.69) is 4.98 Å². The van der Waals surface area contributed by atoms with E-state index in [1.165, 1.54) is 19.4 Å². The summed E-state index contributed by atoms with van der Waals surface area (Å²) in [6.07, 6.45) is -2.16. The second-order valence-corrected chi connectivity index (χ2v) is 2.82. The number of carboxylic acid groups (broad SMARTS) is 1. The fraction of sp³-hybridized carbons (Fsp3) is 0.333. The number of ether oxygens (including phenoxy) is 1. The third-order valence-corrected chi connectivity index (χ3v) is 1.85. The fourth-order valence-electron chi connectivity index (χ4n) is 1.08. The molecule has 1 aromatic heterocycles. The van der Waals surface area contributed by atoms with Crippen LogP contribution in [0.15, 0.2) is 18.3 Å². The van der Waals surface area contributed by atoms with Gasteiger partial charge < -0.3 is 20.1 Å². The Kier molecular flexibility index (Phi) is 3.59. The third kappa shape index (κ3) is 2.42. The lowest BCUT2D eigenvalue weighted by atomic mass is 10.1. The maximum Gasteiger partial charge on any atom is 0.335 e. The van der Waals surface area contributed by atoms with Crippen LogP contribution in [0.2, 0.25) is 0 Å². The van der Waals surface area contributed by atoms with E-state index >= 15 is 0 Å². The van der Waals surface area contributed by atoms with Gasteiger partial charge in [0, 0.05) is 6.20 Å². The number of carboxylic acids is 1. The van der Waals surface area contributed by atoms with Gasteiger partial charge in [0.05, 0.1) is 7.11 Å². The Hall–Kier alpha value is -1.66. The molecule has 0 radical (unpaired) electrons. The predicted octanol–water partition coefficient (Wildman–Crippen LogP) is -0.431. The standard InChI is InChI=1S/C9H11NO5/c1-15-5-3-2-4-10-6(5)7(11)8(12)9(13)14/h2-4,7-8,11-12H,1H3,(H,13,14). The number of pyridine rings is 1. The number of aliphatic hydroxyl groups excluding tert-OH is 2. The molecule has 0 saturated heterocycles. The lowest BCUT2D eigenvalue weighted by Gasteiger charge is -2.15. The van der Waals surface area contributed by atoms with E-state index in [4.69, 9.17) is 14.9 Å². The van der Waals surface area contributed by atoms with E-state index in [0.717, 1.165) is 0 Å². The third-order valence-electron chi connectivity index (χ3n) is 1.85. The first kappa shape index (κ1) is 11.4. The van der Waals surface area contributed by atoms with Crippen molar-refractivity contribution in [2.45, 2.75) is 12.2 Å². The minimum atomic E-state index is -1.92. The highest BCUT2D eigenvalue weighted by molar-refractivity contribution is 5.73. The van der Waals surface area contributed by atoms with Crippen LogP contribution in [0.4, 0.5) is 0 Å². The largest absolute Gasteiger partial charge is 0.495 e. The van der Waals surface area contributed by atoms with E-state index in [1.807, 2.05) is 0 Å². The molecular weight excluding hydrogens is 202 g/mol. The van der Waals surface area contributed by atoms with Gasteiger partial charge in [-0.1, -0.05) is 0 Å². The number of rotatable bonds is 4. The summed E-state index contributed by atoms with van der Waals surface area (Å²) < 4.78 is 4.87. The molecule has 1 rings (SSSR count). The molecule has 0 aliphatic carbocycles. The second-order valence-electron chi connectivity index (χ2n) is 2.82. The molecule has 15 heavy (non-hydrogen) atoms. The van der Waals surface area contributed by atoms with Gasteiger partial charge in [-0.25, -0.2) is 4.79 Å². The van der Waals surface area contributed by atoms with Gasteiger partial charge in [0.25, 0.3) is 0 Å². The quantitative estimate of drug-likeness (QED) is 0.627. The van der Waals surface area contributed by atoms with Crippen molar-refractivity contribution in [3.05, 3.63) is 24.0 Å². The molecule has 2 unspecified atom stereocenters. The number of hydrogen-bond acceptors (Lipinski definition) is 5. The van der Waals surface area contributed by atoms with Crippen molar-refractivity contribution < 1.29 is 24.9 Å². The molecule has 3 N–H and O–H groups in total. The van der Waals surface area contributed by atoms with E-state index in [1.54, 1.807) is 6.07 Å². The van der Waals surface area contributed by atoms with Gasteiger partial charge in [0.1, 0.15) is 17.5 Å². The zero-order valence-electron chi connectivity index (χ0n) is 7.99. The van der Waals surface area contributed by atoms with Crippen LogP contribution in [0.25, 0.3) is 0 Å². The summed E-state index contributed by atoms with van der Waals surface area (Å²) in [5, 5.41) is 27.1. The Morgan fingerprint density at radius 1 is 1.53 bits per heavy atom. The molecule has 0 amide bonds. The van der Waals surface area contributed by atoms with Crippen LogP contribution in [0.1, 0.15) is 11.8 Å². The zero-order valence-corrected chi connectivity index (χ0v) is 7.99. The summed E-state index contributed by atoms with van der Waals surface area (Å²) in [5.41, 5.74) is -0.00472. The topological polar surface area (TPSA) is 99.9 Å². The van der Waals surface area contributed by atoms with Crippen LogP contribution in [0, 0.1) is 0 Å². The van der Waals surface area contributed by atoms with Crippen molar-refractivity contribution in [1.82, 2.24) is 4.98 Å². The van der Waals surface area contributed by atoms with E-state index in [9.17, 15) is 9.90 Å².